The molecule has 0 bridgehead atoms. The average Bonchev–Trinajstić information content (AvgIpc) is 2.37. The second-order valence-corrected chi connectivity index (χ2v) is 6.54. The summed E-state index contributed by atoms with van der Waals surface area (Å²) in [5, 5.41) is 0.343. The molecule has 106 valence electrons. The molecule has 0 heterocycles. The highest BCUT2D eigenvalue weighted by molar-refractivity contribution is 7.92. The maximum Gasteiger partial charge on any atom is 0.262 e. The van der Waals surface area contributed by atoms with Crippen molar-refractivity contribution in [2.24, 2.45) is 0 Å². The molecule has 0 aliphatic rings. The van der Waals surface area contributed by atoms with E-state index in [0.717, 1.165) is 0 Å². The molecule has 4 nitrogen and oxygen atoms in total. The molecule has 2 aromatic rings. The van der Waals surface area contributed by atoms with Crippen molar-refractivity contribution in [3.05, 3.63) is 52.5 Å². The predicted molar refractivity (Wildman–Crippen MR) is 82.6 cm³/mol. The topological polar surface area (TPSA) is 72.2 Å². The molecule has 2 rings (SSSR count). The van der Waals surface area contributed by atoms with Gasteiger partial charge in [0.05, 0.1) is 15.6 Å². The number of hydrogen-bond acceptors (Lipinski definition) is 3. The van der Waals surface area contributed by atoms with Crippen LogP contribution in [0.4, 0.5) is 11.4 Å². The molecule has 0 radical (unpaired) electrons. The first-order valence-electron chi connectivity index (χ1n) is 5.96. The zero-order chi connectivity index (χ0) is 14.9. The van der Waals surface area contributed by atoms with Gasteiger partial charge >= 0.3 is 0 Å². The van der Waals surface area contributed by atoms with Crippen LogP contribution in [-0.4, -0.2) is 8.42 Å². The summed E-state index contributed by atoms with van der Waals surface area (Å²) in [6, 6.07) is 10.1. The summed E-state index contributed by atoms with van der Waals surface area (Å²) in [4.78, 5) is 0.192. The summed E-state index contributed by atoms with van der Waals surface area (Å²) in [6.07, 6.45) is 0. The smallest absolute Gasteiger partial charge is 0.262 e. The molecule has 0 saturated carbocycles. The number of para-hydroxylation sites is 1. The van der Waals surface area contributed by atoms with E-state index in [4.69, 9.17) is 17.3 Å². The van der Waals surface area contributed by atoms with Crippen molar-refractivity contribution in [3.8, 4) is 0 Å². The van der Waals surface area contributed by atoms with E-state index in [1.807, 2.05) is 0 Å². The minimum absolute atomic E-state index is 0.192. The largest absolute Gasteiger partial charge is 0.398 e. The van der Waals surface area contributed by atoms with E-state index in [-0.39, 0.29) is 4.90 Å². The number of sulfonamides is 1. The highest BCUT2D eigenvalue weighted by Crippen LogP contribution is 2.29. The molecule has 0 aliphatic carbocycles. The lowest BCUT2D eigenvalue weighted by Crippen LogP contribution is -2.16. The Hall–Kier alpha value is -1.72. The molecule has 2 aromatic carbocycles. The van der Waals surface area contributed by atoms with Gasteiger partial charge in [0.15, 0.2) is 0 Å². The standard InChI is InChI=1S/C14H15ClN2O2S/c1-9-7-8-12(16)10(2)14(9)20(18,19)17-13-6-4-3-5-11(13)15/h3-8,17H,16H2,1-2H3. The first kappa shape index (κ1) is 14.7. The van der Waals surface area contributed by atoms with Crippen molar-refractivity contribution in [1.82, 2.24) is 0 Å². The highest BCUT2D eigenvalue weighted by atomic mass is 35.5. The SMILES string of the molecule is Cc1ccc(N)c(C)c1S(=O)(=O)Nc1ccccc1Cl. The molecule has 0 atom stereocenters. The Labute approximate surface area is 123 Å². The fourth-order valence-electron chi connectivity index (χ4n) is 2.00. The van der Waals surface area contributed by atoms with Gasteiger partial charge in [-0.05, 0) is 43.2 Å². The lowest BCUT2D eigenvalue weighted by Gasteiger charge is -2.15. The monoisotopic (exact) mass is 310 g/mol. The molecule has 6 heteroatoms. The Morgan fingerprint density at radius 1 is 1.10 bits per heavy atom. The Morgan fingerprint density at radius 2 is 1.75 bits per heavy atom. The van der Waals surface area contributed by atoms with E-state index in [1.165, 1.54) is 0 Å². The van der Waals surface area contributed by atoms with Crippen molar-refractivity contribution in [2.45, 2.75) is 18.7 Å². The van der Waals surface area contributed by atoms with Gasteiger partial charge in [-0.15, -0.1) is 0 Å². The van der Waals surface area contributed by atoms with E-state index in [1.54, 1.807) is 50.2 Å². The molecule has 0 saturated heterocycles. The molecular weight excluding hydrogens is 296 g/mol. The van der Waals surface area contributed by atoms with Gasteiger partial charge in [-0.3, -0.25) is 4.72 Å². The Kier molecular flexibility index (Phi) is 3.92. The van der Waals surface area contributed by atoms with Crippen molar-refractivity contribution >= 4 is 33.0 Å². The van der Waals surface area contributed by atoms with Gasteiger partial charge in [-0.2, -0.15) is 0 Å². The van der Waals surface area contributed by atoms with Crippen LogP contribution in [0.25, 0.3) is 0 Å². The van der Waals surface area contributed by atoms with Gasteiger partial charge in [-0.1, -0.05) is 29.8 Å². The number of aryl methyl sites for hydroxylation is 1. The number of halogens is 1. The van der Waals surface area contributed by atoms with Crippen molar-refractivity contribution in [2.75, 3.05) is 10.5 Å². The minimum atomic E-state index is -3.73. The summed E-state index contributed by atoms with van der Waals surface area (Å²) in [7, 11) is -3.73. The van der Waals surface area contributed by atoms with Gasteiger partial charge in [0.25, 0.3) is 10.0 Å². The number of nitrogen functional groups attached to an aromatic ring is 1. The average molecular weight is 311 g/mol. The van der Waals surface area contributed by atoms with Gasteiger partial charge in [0, 0.05) is 5.69 Å². The van der Waals surface area contributed by atoms with E-state index in [2.05, 4.69) is 4.72 Å². The molecule has 0 unspecified atom stereocenters. The van der Waals surface area contributed by atoms with Crippen LogP contribution >= 0.6 is 11.6 Å². The van der Waals surface area contributed by atoms with Crippen LogP contribution in [0.3, 0.4) is 0 Å². The van der Waals surface area contributed by atoms with E-state index in [0.29, 0.717) is 27.5 Å². The first-order chi connectivity index (χ1) is 9.33. The molecule has 0 fully saturated rings. The molecule has 20 heavy (non-hydrogen) atoms. The second kappa shape index (κ2) is 5.34. The van der Waals surface area contributed by atoms with E-state index < -0.39 is 10.0 Å². The zero-order valence-corrected chi connectivity index (χ0v) is 12.7. The van der Waals surface area contributed by atoms with Crippen LogP contribution in [0.15, 0.2) is 41.3 Å². The Morgan fingerprint density at radius 3 is 2.40 bits per heavy atom. The summed E-state index contributed by atoms with van der Waals surface area (Å²) >= 11 is 5.98. The fraction of sp³-hybridized carbons (Fsp3) is 0.143. The first-order valence-corrected chi connectivity index (χ1v) is 7.82. The Bertz CT molecular complexity index is 758. The fourth-order valence-corrected chi connectivity index (χ4v) is 3.82. The van der Waals surface area contributed by atoms with Gasteiger partial charge in [0.1, 0.15) is 0 Å². The third kappa shape index (κ3) is 2.73. The van der Waals surface area contributed by atoms with E-state index >= 15 is 0 Å². The van der Waals surface area contributed by atoms with Gasteiger partial charge in [0.2, 0.25) is 0 Å². The van der Waals surface area contributed by atoms with Gasteiger partial charge < -0.3 is 5.73 Å². The molecule has 0 spiro atoms. The lowest BCUT2D eigenvalue weighted by molar-refractivity contribution is 0.600. The highest BCUT2D eigenvalue weighted by Gasteiger charge is 2.21. The number of nitrogens with one attached hydrogen (secondary N) is 1. The predicted octanol–water partition coefficient (Wildman–Crippen LogP) is 3.34. The minimum Gasteiger partial charge on any atom is -0.398 e. The number of benzene rings is 2. The molecule has 0 amide bonds. The van der Waals surface area contributed by atoms with E-state index in [9.17, 15) is 8.42 Å². The maximum atomic E-state index is 12.5. The van der Waals surface area contributed by atoms with Gasteiger partial charge in [-0.25, -0.2) is 8.42 Å². The molecule has 0 aromatic heterocycles. The van der Waals surface area contributed by atoms with Crippen LogP contribution in [0.1, 0.15) is 11.1 Å². The maximum absolute atomic E-state index is 12.5. The second-order valence-electron chi connectivity index (χ2n) is 4.51. The van der Waals surface area contributed by atoms with Crippen molar-refractivity contribution < 1.29 is 8.42 Å². The molecule has 3 N–H and O–H groups in total. The zero-order valence-electron chi connectivity index (χ0n) is 11.1. The quantitative estimate of drug-likeness (QED) is 0.854. The lowest BCUT2D eigenvalue weighted by atomic mass is 10.1. The van der Waals surface area contributed by atoms with Crippen LogP contribution in [0.5, 0.6) is 0 Å². The van der Waals surface area contributed by atoms with Crippen LogP contribution in [0.2, 0.25) is 5.02 Å². The molecular formula is C14H15ClN2O2S. The van der Waals surface area contributed by atoms with Crippen LogP contribution < -0.4 is 10.5 Å². The molecule has 0 aliphatic heterocycles. The third-order valence-electron chi connectivity index (χ3n) is 3.03. The van der Waals surface area contributed by atoms with Crippen molar-refractivity contribution in [3.63, 3.8) is 0 Å². The van der Waals surface area contributed by atoms with Crippen LogP contribution in [-0.2, 0) is 10.0 Å². The number of hydrogen-bond donors (Lipinski definition) is 2. The van der Waals surface area contributed by atoms with Crippen LogP contribution in [0, 0.1) is 13.8 Å². The summed E-state index contributed by atoms with van der Waals surface area (Å²) in [6.45, 7) is 3.41. The summed E-state index contributed by atoms with van der Waals surface area (Å²) in [5.74, 6) is 0. The summed E-state index contributed by atoms with van der Waals surface area (Å²) < 4.78 is 27.5. The normalized spacial score (nSPS) is 11.3. The Balaban J connectivity index is 2.52. The van der Waals surface area contributed by atoms with Crippen molar-refractivity contribution in [1.29, 1.82) is 0 Å². The number of rotatable bonds is 3. The number of nitrogens with two attached hydrogens (primary N) is 1. The number of anilines is 2. The summed E-state index contributed by atoms with van der Waals surface area (Å²) in [5.41, 5.74) is 7.74. The third-order valence-corrected chi connectivity index (χ3v) is 5.02.